The lowest BCUT2D eigenvalue weighted by Crippen LogP contribution is -2.41. The van der Waals surface area contributed by atoms with E-state index in [2.05, 4.69) is 4.98 Å². The molecular formula is C19H15ClF2N2O2S. The fraction of sp³-hybridized carbons (Fsp3) is 0.263. The van der Waals surface area contributed by atoms with E-state index in [4.69, 9.17) is 16.3 Å². The second-order valence-electron chi connectivity index (χ2n) is 6.30. The van der Waals surface area contributed by atoms with E-state index in [0.717, 1.165) is 22.3 Å². The van der Waals surface area contributed by atoms with E-state index >= 15 is 0 Å². The van der Waals surface area contributed by atoms with Crippen molar-refractivity contribution < 1.29 is 18.3 Å². The van der Waals surface area contributed by atoms with Crippen molar-refractivity contribution in [3.63, 3.8) is 0 Å². The number of piperidine rings is 1. The van der Waals surface area contributed by atoms with Gasteiger partial charge in [-0.1, -0.05) is 29.0 Å². The van der Waals surface area contributed by atoms with Crippen molar-refractivity contribution in [2.45, 2.75) is 18.9 Å². The Morgan fingerprint density at radius 2 is 1.96 bits per heavy atom. The highest BCUT2D eigenvalue weighted by atomic mass is 35.5. The average Bonchev–Trinajstić information content (AvgIpc) is 3.08. The molecule has 0 unspecified atom stereocenters. The standard InChI is InChI=1S/C19H15ClF2N2O2S/c20-13-2-1-3-16-17(13)23-19(27-16)26-12-6-8-24(9-7-12)18(25)11-4-5-14(21)15(22)10-11/h1-5,10,12H,6-9H2. The molecule has 3 aromatic rings. The van der Waals surface area contributed by atoms with Gasteiger partial charge < -0.3 is 9.64 Å². The predicted octanol–water partition coefficient (Wildman–Crippen LogP) is 4.91. The molecule has 4 nitrogen and oxygen atoms in total. The molecule has 140 valence electrons. The van der Waals surface area contributed by atoms with E-state index in [1.165, 1.54) is 17.4 Å². The quantitative estimate of drug-likeness (QED) is 0.618. The van der Waals surface area contributed by atoms with Gasteiger partial charge in [-0.2, -0.15) is 0 Å². The topological polar surface area (TPSA) is 42.4 Å². The number of carbonyl (C=O) groups is 1. The minimum absolute atomic E-state index is 0.0571. The molecule has 1 saturated heterocycles. The Morgan fingerprint density at radius 3 is 2.67 bits per heavy atom. The highest BCUT2D eigenvalue weighted by Crippen LogP contribution is 2.33. The number of benzene rings is 2. The number of thiazole rings is 1. The summed E-state index contributed by atoms with van der Waals surface area (Å²) in [5, 5.41) is 1.15. The van der Waals surface area contributed by atoms with Gasteiger partial charge in [0.2, 0.25) is 0 Å². The summed E-state index contributed by atoms with van der Waals surface area (Å²) in [7, 11) is 0. The summed E-state index contributed by atoms with van der Waals surface area (Å²) < 4.78 is 33.3. The number of carbonyl (C=O) groups excluding carboxylic acids is 1. The summed E-state index contributed by atoms with van der Waals surface area (Å²) in [6.45, 7) is 0.961. The van der Waals surface area contributed by atoms with Crippen molar-refractivity contribution in [2.75, 3.05) is 13.1 Å². The lowest BCUT2D eigenvalue weighted by atomic mass is 10.1. The molecule has 0 N–H and O–H groups in total. The Kier molecular flexibility index (Phi) is 4.97. The SMILES string of the molecule is O=C(c1ccc(F)c(F)c1)N1CCC(Oc2nc3c(Cl)cccc3s2)CC1. The second-order valence-corrected chi connectivity index (χ2v) is 7.71. The van der Waals surface area contributed by atoms with Gasteiger partial charge in [0, 0.05) is 31.5 Å². The van der Waals surface area contributed by atoms with Crippen LogP contribution in [-0.2, 0) is 0 Å². The zero-order valence-electron chi connectivity index (χ0n) is 14.1. The van der Waals surface area contributed by atoms with E-state index in [0.29, 0.717) is 36.1 Å². The number of ether oxygens (including phenoxy) is 1. The first-order chi connectivity index (χ1) is 13.0. The summed E-state index contributed by atoms with van der Waals surface area (Å²) >= 11 is 7.58. The molecule has 1 fully saturated rings. The van der Waals surface area contributed by atoms with Crippen LogP contribution in [0.3, 0.4) is 0 Å². The lowest BCUT2D eigenvalue weighted by Gasteiger charge is -2.31. The third kappa shape index (κ3) is 3.75. The molecule has 1 aromatic heterocycles. The molecule has 0 atom stereocenters. The van der Waals surface area contributed by atoms with Crippen LogP contribution in [0.25, 0.3) is 10.2 Å². The third-order valence-electron chi connectivity index (χ3n) is 4.51. The normalized spacial score (nSPS) is 15.3. The largest absolute Gasteiger partial charge is 0.467 e. The second kappa shape index (κ2) is 7.40. The summed E-state index contributed by atoms with van der Waals surface area (Å²) in [6, 6.07) is 8.80. The molecule has 1 amide bonds. The minimum Gasteiger partial charge on any atom is -0.467 e. The Labute approximate surface area is 163 Å². The van der Waals surface area contributed by atoms with Gasteiger partial charge in [0.05, 0.1) is 9.72 Å². The minimum atomic E-state index is -1.02. The monoisotopic (exact) mass is 408 g/mol. The van der Waals surface area contributed by atoms with Crippen LogP contribution >= 0.6 is 22.9 Å². The number of hydrogen-bond donors (Lipinski definition) is 0. The van der Waals surface area contributed by atoms with Gasteiger partial charge in [-0.25, -0.2) is 13.8 Å². The molecule has 8 heteroatoms. The summed E-state index contributed by atoms with van der Waals surface area (Å²) in [4.78, 5) is 18.5. The van der Waals surface area contributed by atoms with Crippen LogP contribution in [0, 0.1) is 11.6 Å². The van der Waals surface area contributed by atoms with Gasteiger partial charge in [0.1, 0.15) is 11.6 Å². The Hall–Kier alpha value is -2.25. The molecule has 4 rings (SSSR count). The summed E-state index contributed by atoms with van der Waals surface area (Å²) in [5.74, 6) is -2.29. The van der Waals surface area contributed by atoms with Crippen molar-refractivity contribution >= 4 is 39.1 Å². The molecule has 0 aliphatic carbocycles. The first-order valence-corrected chi connectivity index (χ1v) is 9.67. The molecular weight excluding hydrogens is 394 g/mol. The van der Waals surface area contributed by atoms with Gasteiger partial charge in [-0.3, -0.25) is 4.79 Å². The first kappa shape index (κ1) is 18.1. The van der Waals surface area contributed by atoms with Crippen molar-refractivity contribution in [2.24, 2.45) is 0 Å². The van der Waals surface area contributed by atoms with E-state index in [1.807, 2.05) is 12.1 Å². The maximum absolute atomic E-state index is 13.3. The number of likely N-dealkylation sites (tertiary alicyclic amines) is 1. The Bertz CT molecular complexity index is 1000. The number of amides is 1. The van der Waals surface area contributed by atoms with Gasteiger partial charge in [-0.05, 0) is 30.3 Å². The molecule has 1 aliphatic rings. The van der Waals surface area contributed by atoms with Crippen LogP contribution in [0.15, 0.2) is 36.4 Å². The van der Waals surface area contributed by atoms with E-state index in [1.54, 1.807) is 11.0 Å². The van der Waals surface area contributed by atoms with Crippen LogP contribution in [0.5, 0.6) is 5.19 Å². The summed E-state index contributed by atoms with van der Waals surface area (Å²) in [6.07, 6.45) is 1.22. The molecule has 0 saturated carbocycles. The number of rotatable bonds is 3. The zero-order chi connectivity index (χ0) is 19.0. The van der Waals surface area contributed by atoms with Crippen molar-refractivity contribution in [1.82, 2.24) is 9.88 Å². The van der Waals surface area contributed by atoms with Crippen LogP contribution in [0.4, 0.5) is 8.78 Å². The molecule has 1 aliphatic heterocycles. The number of aromatic nitrogens is 1. The number of nitrogens with zero attached hydrogens (tertiary/aromatic N) is 2. The number of hydrogen-bond acceptors (Lipinski definition) is 4. The molecule has 2 aromatic carbocycles. The predicted molar refractivity (Wildman–Crippen MR) is 101 cm³/mol. The molecule has 0 radical (unpaired) electrons. The van der Waals surface area contributed by atoms with Crippen molar-refractivity contribution in [3.8, 4) is 5.19 Å². The number of fused-ring (bicyclic) bond motifs is 1. The van der Waals surface area contributed by atoms with E-state index in [9.17, 15) is 13.6 Å². The number of halogens is 3. The fourth-order valence-electron chi connectivity index (χ4n) is 3.08. The molecule has 27 heavy (non-hydrogen) atoms. The molecule has 0 bridgehead atoms. The number of para-hydroxylation sites is 1. The van der Waals surface area contributed by atoms with E-state index in [-0.39, 0.29) is 17.6 Å². The highest BCUT2D eigenvalue weighted by molar-refractivity contribution is 7.20. The molecule has 0 spiro atoms. The fourth-order valence-corrected chi connectivity index (χ4v) is 4.26. The van der Waals surface area contributed by atoms with Crippen LogP contribution < -0.4 is 4.74 Å². The van der Waals surface area contributed by atoms with Gasteiger partial charge >= 0.3 is 0 Å². The summed E-state index contributed by atoms with van der Waals surface area (Å²) in [5.41, 5.74) is 0.874. The van der Waals surface area contributed by atoms with Gasteiger partial charge in [0.25, 0.3) is 11.1 Å². The van der Waals surface area contributed by atoms with Crippen molar-refractivity contribution in [1.29, 1.82) is 0 Å². The van der Waals surface area contributed by atoms with Gasteiger partial charge in [0.15, 0.2) is 11.6 Å². The van der Waals surface area contributed by atoms with E-state index < -0.39 is 11.6 Å². The third-order valence-corrected chi connectivity index (χ3v) is 5.73. The van der Waals surface area contributed by atoms with Crippen LogP contribution in [0.2, 0.25) is 5.02 Å². The highest BCUT2D eigenvalue weighted by Gasteiger charge is 2.26. The Balaban J connectivity index is 1.38. The van der Waals surface area contributed by atoms with Crippen LogP contribution in [0.1, 0.15) is 23.2 Å². The average molecular weight is 409 g/mol. The smallest absolute Gasteiger partial charge is 0.274 e. The van der Waals surface area contributed by atoms with Gasteiger partial charge in [-0.15, -0.1) is 0 Å². The maximum Gasteiger partial charge on any atom is 0.274 e. The van der Waals surface area contributed by atoms with Crippen molar-refractivity contribution in [3.05, 3.63) is 58.6 Å². The lowest BCUT2D eigenvalue weighted by molar-refractivity contribution is 0.0595. The molecule has 2 heterocycles. The maximum atomic E-state index is 13.3. The zero-order valence-corrected chi connectivity index (χ0v) is 15.7. The first-order valence-electron chi connectivity index (χ1n) is 8.47. The van der Waals surface area contributed by atoms with Crippen LogP contribution in [-0.4, -0.2) is 35.0 Å². The Morgan fingerprint density at radius 1 is 1.19 bits per heavy atom.